The average molecular weight is 408 g/mol. The number of carbonyl (C=O) groups is 2. The quantitative estimate of drug-likeness (QED) is 0.829. The fourth-order valence-corrected chi connectivity index (χ4v) is 4.32. The van der Waals surface area contributed by atoms with Gasteiger partial charge in [-0.05, 0) is 42.9 Å². The second-order valence-corrected chi connectivity index (χ2v) is 7.80. The molecule has 2 aliphatic rings. The van der Waals surface area contributed by atoms with Crippen molar-refractivity contribution in [2.75, 3.05) is 44.7 Å². The van der Waals surface area contributed by atoms with Crippen LogP contribution >= 0.6 is 11.6 Å². The maximum atomic E-state index is 12.9. The summed E-state index contributed by atoms with van der Waals surface area (Å²) in [7, 11) is 0. The smallest absolute Gasteiger partial charge is 0.321 e. The summed E-state index contributed by atoms with van der Waals surface area (Å²) in [6.45, 7) is 7.88. The molecule has 154 valence electrons. The summed E-state index contributed by atoms with van der Waals surface area (Å²) in [4.78, 5) is 29.2. The van der Waals surface area contributed by atoms with E-state index in [0.29, 0.717) is 57.3 Å². The number of benzene rings is 1. The highest BCUT2D eigenvalue weighted by Crippen LogP contribution is 2.30. The van der Waals surface area contributed by atoms with E-state index in [-0.39, 0.29) is 17.9 Å². The van der Waals surface area contributed by atoms with E-state index in [2.05, 4.69) is 12.2 Å². The molecule has 0 bridgehead atoms. The molecule has 2 aliphatic heterocycles. The fraction of sp³-hybridized carbons (Fsp3) is 0.619. The number of piperidine rings is 1. The van der Waals surface area contributed by atoms with Gasteiger partial charge in [0.2, 0.25) is 5.91 Å². The Bertz CT molecular complexity index is 711. The lowest BCUT2D eigenvalue weighted by Gasteiger charge is -2.35. The van der Waals surface area contributed by atoms with Crippen LogP contribution in [0.4, 0.5) is 10.5 Å². The van der Waals surface area contributed by atoms with Crippen molar-refractivity contribution >= 4 is 29.2 Å². The lowest BCUT2D eigenvalue weighted by molar-refractivity contribution is -0.140. The van der Waals surface area contributed by atoms with Crippen molar-refractivity contribution in [3.8, 4) is 0 Å². The number of nitrogens with one attached hydrogen (secondary N) is 1. The van der Waals surface area contributed by atoms with E-state index >= 15 is 0 Å². The van der Waals surface area contributed by atoms with Gasteiger partial charge in [-0.2, -0.15) is 0 Å². The third-order valence-electron chi connectivity index (χ3n) is 5.76. The number of halogens is 1. The van der Waals surface area contributed by atoms with Crippen LogP contribution in [-0.2, 0) is 22.4 Å². The van der Waals surface area contributed by atoms with Gasteiger partial charge in [0.15, 0.2) is 0 Å². The number of rotatable bonds is 4. The summed E-state index contributed by atoms with van der Waals surface area (Å²) in [5.74, 6) is 0.213. The van der Waals surface area contributed by atoms with Crippen molar-refractivity contribution in [3.63, 3.8) is 0 Å². The Kier molecular flexibility index (Phi) is 7.18. The molecular weight excluding hydrogens is 378 g/mol. The number of anilines is 1. The van der Waals surface area contributed by atoms with E-state index in [1.165, 1.54) is 0 Å². The van der Waals surface area contributed by atoms with Crippen LogP contribution in [-0.4, -0.2) is 61.1 Å². The number of aryl methyl sites for hydroxylation is 1. The van der Waals surface area contributed by atoms with Crippen molar-refractivity contribution in [3.05, 3.63) is 28.3 Å². The summed E-state index contributed by atoms with van der Waals surface area (Å²) in [5.41, 5.74) is 2.91. The lowest BCUT2D eigenvalue weighted by Crippen LogP contribution is -2.48. The summed E-state index contributed by atoms with van der Waals surface area (Å²) < 4.78 is 5.32. The SMILES string of the molecule is CCc1ccc(Cl)c(CC)c1NC(=O)N1CCC(C(=O)N2CCOCC2)CC1. The van der Waals surface area contributed by atoms with Crippen LogP contribution in [0.15, 0.2) is 12.1 Å². The number of amides is 3. The highest BCUT2D eigenvalue weighted by Gasteiger charge is 2.31. The Morgan fingerprint density at radius 3 is 2.36 bits per heavy atom. The molecule has 1 N–H and O–H groups in total. The number of hydrogen-bond acceptors (Lipinski definition) is 3. The molecule has 6 nitrogen and oxygen atoms in total. The molecule has 0 aromatic heterocycles. The molecule has 2 saturated heterocycles. The van der Waals surface area contributed by atoms with E-state index < -0.39 is 0 Å². The summed E-state index contributed by atoms with van der Waals surface area (Å²) in [6.07, 6.45) is 3.01. The Morgan fingerprint density at radius 2 is 1.75 bits per heavy atom. The molecule has 0 radical (unpaired) electrons. The number of morpholine rings is 1. The zero-order valence-corrected chi connectivity index (χ0v) is 17.6. The van der Waals surface area contributed by atoms with E-state index in [1.807, 2.05) is 28.9 Å². The van der Waals surface area contributed by atoms with Gasteiger partial charge in [-0.15, -0.1) is 0 Å². The molecule has 3 rings (SSSR count). The normalized spacial score (nSPS) is 18.2. The first-order chi connectivity index (χ1) is 13.5. The largest absolute Gasteiger partial charge is 0.378 e. The highest BCUT2D eigenvalue weighted by atomic mass is 35.5. The van der Waals surface area contributed by atoms with Crippen LogP contribution < -0.4 is 5.32 Å². The van der Waals surface area contributed by atoms with Crippen molar-refractivity contribution < 1.29 is 14.3 Å². The van der Waals surface area contributed by atoms with Crippen LogP contribution in [0.25, 0.3) is 0 Å². The van der Waals surface area contributed by atoms with Crippen LogP contribution in [0.1, 0.15) is 37.8 Å². The molecule has 0 atom stereocenters. The lowest BCUT2D eigenvalue weighted by atomic mass is 9.95. The average Bonchev–Trinajstić information content (AvgIpc) is 2.74. The summed E-state index contributed by atoms with van der Waals surface area (Å²) in [5, 5.41) is 3.77. The Labute approximate surface area is 172 Å². The predicted octanol–water partition coefficient (Wildman–Crippen LogP) is 3.57. The third kappa shape index (κ3) is 4.61. The molecule has 7 heteroatoms. The first-order valence-electron chi connectivity index (χ1n) is 10.3. The first-order valence-corrected chi connectivity index (χ1v) is 10.7. The van der Waals surface area contributed by atoms with Gasteiger partial charge < -0.3 is 19.9 Å². The van der Waals surface area contributed by atoms with E-state index in [0.717, 1.165) is 29.7 Å². The number of ether oxygens (including phenoxy) is 1. The molecule has 28 heavy (non-hydrogen) atoms. The molecule has 0 aliphatic carbocycles. The fourth-order valence-electron chi connectivity index (χ4n) is 4.02. The molecular formula is C21H30ClN3O3. The zero-order valence-electron chi connectivity index (χ0n) is 16.8. The number of nitrogens with zero attached hydrogens (tertiary/aromatic N) is 2. The monoisotopic (exact) mass is 407 g/mol. The van der Waals surface area contributed by atoms with Gasteiger partial charge in [0.25, 0.3) is 0 Å². The van der Waals surface area contributed by atoms with Gasteiger partial charge in [-0.1, -0.05) is 31.5 Å². The van der Waals surface area contributed by atoms with Crippen molar-refractivity contribution in [2.24, 2.45) is 5.92 Å². The number of hydrogen-bond donors (Lipinski definition) is 1. The molecule has 0 saturated carbocycles. The van der Waals surface area contributed by atoms with Gasteiger partial charge in [0.05, 0.1) is 18.9 Å². The Hall–Kier alpha value is -1.79. The topological polar surface area (TPSA) is 61.9 Å². The molecule has 0 unspecified atom stereocenters. The molecule has 1 aromatic carbocycles. The van der Waals surface area contributed by atoms with Crippen molar-refractivity contribution in [2.45, 2.75) is 39.5 Å². The molecule has 1 aromatic rings. The van der Waals surface area contributed by atoms with Gasteiger partial charge in [-0.3, -0.25) is 4.79 Å². The minimum Gasteiger partial charge on any atom is -0.378 e. The molecule has 2 heterocycles. The molecule has 3 amide bonds. The minimum atomic E-state index is -0.107. The third-order valence-corrected chi connectivity index (χ3v) is 6.12. The van der Waals surface area contributed by atoms with E-state index in [9.17, 15) is 9.59 Å². The van der Waals surface area contributed by atoms with Gasteiger partial charge in [-0.25, -0.2) is 4.79 Å². The predicted molar refractivity (Wildman–Crippen MR) is 111 cm³/mol. The summed E-state index contributed by atoms with van der Waals surface area (Å²) >= 11 is 6.34. The van der Waals surface area contributed by atoms with Crippen molar-refractivity contribution in [1.82, 2.24) is 9.80 Å². The molecule has 0 spiro atoms. The van der Waals surface area contributed by atoms with Crippen LogP contribution in [0.3, 0.4) is 0 Å². The van der Waals surface area contributed by atoms with Crippen LogP contribution in [0.2, 0.25) is 5.02 Å². The summed E-state index contributed by atoms with van der Waals surface area (Å²) in [6, 6.07) is 3.77. The van der Waals surface area contributed by atoms with Crippen LogP contribution in [0, 0.1) is 5.92 Å². The Balaban J connectivity index is 1.60. The van der Waals surface area contributed by atoms with Gasteiger partial charge in [0, 0.05) is 37.1 Å². The van der Waals surface area contributed by atoms with Gasteiger partial charge in [0.1, 0.15) is 0 Å². The number of likely N-dealkylation sites (tertiary alicyclic amines) is 1. The van der Waals surface area contributed by atoms with Crippen LogP contribution in [0.5, 0.6) is 0 Å². The van der Waals surface area contributed by atoms with Crippen molar-refractivity contribution in [1.29, 1.82) is 0 Å². The first kappa shape index (κ1) is 20.9. The Morgan fingerprint density at radius 1 is 1.07 bits per heavy atom. The second-order valence-electron chi connectivity index (χ2n) is 7.40. The number of carbonyl (C=O) groups excluding carboxylic acids is 2. The van der Waals surface area contributed by atoms with E-state index in [1.54, 1.807) is 0 Å². The highest BCUT2D eigenvalue weighted by molar-refractivity contribution is 6.32. The maximum absolute atomic E-state index is 12.9. The number of urea groups is 1. The molecule has 2 fully saturated rings. The maximum Gasteiger partial charge on any atom is 0.321 e. The zero-order chi connectivity index (χ0) is 20.1. The van der Waals surface area contributed by atoms with Gasteiger partial charge >= 0.3 is 6.03 Å². The van der Waals surface area contributed by atoms with E-state index in [4.69, 9.17) is 16.3 Å². The minimum absolute atomic E-state index is 0.00530. The second kappa shape index (κ2) is 9.61. The standard InChI is InChI=1S/C21H30ClN3O3/c1-3-15-5-6-18(22)17(4-2)19(15)23-21(27)25-9-7-16(8-10-25)20(26)24-11-13-28-14-12-24/h5-6,16H,3-4,7-14H2,1-2H3,(H,23,27).